The summed E-state index contributed by atoms with van der Waals surface area (Å²) in [7, 11) is 0. The number of ketones is 1. The van der Waals surface area contributed by atoms with E-state index in [1.807, 2.05) is 20.8 Å². The first-order valence-corrected chi connectivity index (χ1v) is 6.78. The summed E-state index contributed by atoms with van der Waals surface area (Å²) in [6.07, 6.45) is 1.37. The summed E-state index contributed by atoms with van der Waals surface area (Å²) in [5.41, 5.74) is 5.64. The fourth-order valence-electron chi connectivity index (χ4n) is 2.05. The van der Waals surface area contributed by atoms with E-state index in [0.29, 0.717) is 10.6 Å². The van der Waals surface area contributed by atoms with Crippen molar-refractivity contribution in [2.24, 2.45) is 5.73 Å². The van der Waals surface area contributed by atoms with E-state index >= 15 is 0 Å². The molecule has 1 amide bonds. The average Bonchev–Trinajstić information content (AvgIpc) is 2.82. The van der Waals surface area contributed by atoms with Crippen LogP contribution in [-0.4, -0.2) is 21.5 Å². The van der Waals surface area contributed by atoms with E-state index in [1.165, 1.54) is 10.9 Å². The Morgan fingerprint density at radius 1 is 1.29 bits per heavy atom. The molecule has 1 heterocycles. The molecule has 0 spiro atoms. The molecule has 1 aromatic heterocycles. The van der Waals surface area contributed by atoms with Gasteiger partial charge in [-0.1, -0.05) is 23.7 Å². The Hall–Kier alpha value is -2.14. The maximum absolute atomic E-state index is 12.5. The van der Waals surface area contributed by atoms with Gasteiger partial charge < -0.3 is 5.73 Å². The Kier molecular flexibility index (Phi) is 3.87. The Balaban J connectivity index is 2.57. The van der Waals surface area contributed by atoms with Crippen molar-refractivity contribution < 1.29 is 9.59 Å². The third kappa shape index (κ3) is 2.97. The van der Waals surface area contributed by atoms with Crippen molar-refractivity contribution in [3.8, 4) is 0 Å². The quantitative estimate of drug-likeness (QED) is 0.885. The lowest BCUT2D eigenvalue weighted by Gasteiger charge is -2.21. The minimum absolute atomic E-state index is 0.104. The zero-order valence-electron chi connectivity index (χ0n) is 12.1. The Labute approximate surface area is 127 Å². The van der Waals surface area contributed by atoms with Gasteiger partial charge in [0.2, 0.25) is 0 Å². The van der Waals surface area contributed by atoms with Crippen molar-refractivity contribution >= 4 is 23.3 Å². The summed E-state index contributed by atoms with van der Waals surface area (Å²) in [5.74, 6) is -1.02. The molecule has 0 atom stereocenters. The highest BCUT2D eigenvalue weighted by Crippen LogP contribution is 2.22. The number of aromatic nitrogens is 2. The van der Waals surface area contributed by atoms with Crippen molar-refractivity contribution in [2.75, 3.05) is 0 Å². The van der Waals surface area contributed by atoms with E-state index in [1.54, 1.807) is 24.3 Å². The number of hydrogen-bond donors (Lipinski definition) is 1. The first-order chi connectivity index (χ1) is 9.71. The first-order valence-electron chi connectivity index (χ1n) is 6.40. The Bertz CT molecular complexity index is 714. The SMILES string of the molecule is CC(C)(C)n1ncc(C(=O)c2cccc(Cl)c2)c1C(N)=O. The van der Waals surface area contributed by atoms with Gasteiger partial charge in [-0.25, -0.2) is 0 Å². The van der Waals surface area contributed by atoms with E-state index in [4.69, 9.17) is 17.3 Å². The van der Waals surface area contributed by atoms with Gasteiger partial charge in [-0.05, 0) is 32.9 Å². The molecule has 2 N–H and O–H groups in total. The number of nitrogens with zero attached hydrogens (tertiary/aromatic N) is 2. The van der Waals surface area contributed by atoms with Crippen LogP contribution in [0.2, 0.25) is 5.02 Å². The van der Waals surface area contributed by atoms with E-state index in [-0.39, 0.29) is 17.0 Å². The third-order valence-electron chi connectivity index (χ3n) is 2.97. The fraction of sp³-hybridized carbons (Fsp3) is 0.267. The molecule has 2 rings (SSSR count). The smallest absolute Gasteiger partial charge is 0.267 e. The summed E-state index contributed by atoms with van der Waals surface area (Å²) >= 11 is 5.89. The maximum atomic E-state index is 12.5. The number of amides is 1. The number of hydrogen-bond acceptors (Lipinski definition) is 3. The van der Waals surface area contributed by atoms with Crippen LogP contribution >= 0.6 is 11.6 Å². The zero-order chi connectivity index (χ0) is 15.8. The van der Waals surface area contributed by atoms with Gasteiger partial charge in [0.05, 0.1) is 17.3 Å². The van der Waals surface area contributed by atoms with E-state index in [0.717, 1.165) is 0 Å². The van der Waals surface area contributed by atoms with Gasteiger partial charge >= 0.3 is 0 Å². The zero-order valence-corrected chi connectivity index (χ0v) is 12.8. The third-order valence-corrected chi connectivity index (χ3v) is 3.20. The molecule has 110 valence electrons. The molecule has 0 radical (unpaired) electrons. The molecule has 0 fully saturated rings. The molecule has 5 nitrogen and oxygen atoms in total. The molecule has 0 saturated heterocycles. The number of primary amides is 1. The van der Waals surface area contributed by atoms with E-state index in [2.05, 4.69) is 5.10 Å². The second kappa shape index (κ2) is 5.33. The summed E-state index contributed by atoms with van der Waals surface area (Å²) in [4.78, 5) is 24.3. The van der Waals surface area contributed by atoms with Gasteiger partial charge in [0.25, 0.3) is 5.91 Å². The van der Waals surface area contributed by atoms with Gasteiger partial charge in [0.1, 0.15) is 5.69 Å². The highest BCUT2D eigenvalue weighted by atomic mass is 35.5. The van der Waals surface area contributed by atoms with Crippen LogP contribution in [0.3, 0.4) is 0 Å². The van der Waals surface area contributed by atoms with Crippen molar-refractivity contribution in [1.82, 2.24) is 9.78 Å². The topological polar surface area (TPSA) is 78.0 Å². The van der Waals surface area contributed by atoms with Crippen LogP contribution < -0.4 is 5.73 Å². The molecule has 0 aliphatic rings. The van der Waals surface area contributed by atoms with Crippen LogP contribution in [0.1, 0.15) is 47.2 Å². The average molecular weight is 306 g/mol. The minimum atomic E-state index is -0.687. The first kappa shape index (κ1) is 15.3. The maximum Gasteiger partial charge on any atom is 0.267 e. The number of nitrogens with two attached hydrogens (primary N) is 1. The monoisotopic (exact) mass is 305 g/mol. The standard InChI is InChI=1S/C15H16ClN3O2/c1-15(2,3)19-12(14(17)21)11(8-18-19)13(20)9-5-4-6-10(16)7-9/h4-8H,1-3H3,(H2,17,21). The second-order valence-corrected chi connectivity index (χ2v) is 6.13. The molecule has 0 saturated carbocycles. The predicted molar refractivity (Wildman–Crippen MR) is 80.6 cm³/mol. The molecule has 0 aliphatic heterocycles. The van der Waals surface area contributed by atoms with Crippen LogP contribution in [0, 0.1) is 0 Å². The molecule has 21 heavy (non-hydrogen) atoms. The molecule has 6 heteroatoms. The second-order valence-electron chi connectivity index (χ2n) is 5.69. The molecule has 0 unspecified atom stereocenters. The van der Waals surface area contributed by atoms with E-state index < -0.39 is 11.4 Å². The van der Waals surface area contributed by atoms with Gasteiger partial charge in [-0.15, -0.1) is 0 Å². The Morgan fingerprint density at radius 2 is 1.95 bits per heavy atom. The van der Waals surface area contributed by atoms with Crippen molar-refractivity contribution in [3.05, 3.63) is 52.3 Å². The summed E-state index contributed by atoms with van der Waals surface area (Å²) in [5, 5.41) is 4.59. The van der Waals surface area contributed by atoms with Crippen LogP contribution in [0.25, 0.3) is 0 Å². The fourth-order valence-corrected chi connectivity index (χ4v) is 2.24. The molecule has 1 aromatic carbocycles. The molecule has 2 aromatic rings. The highest BCUT2D eigenvalue weighted by molar-refractivity contribution is 6.31. The number of rotatable bonds is 3. The molecular weight excluding hydrogens is 290 g/mol. The molecular formula is C15H16ClN3O2. The molecule has 0 bridgehead atoms. The van der Waals surface area contributed by atoms with Crippen molar-refractivity contribution in [1.29, 1.82) is 0 Å². The highest BCUT2D eigenvalue weighted by Gasteiger charge is 2.27. The number of benzene rings is 1. The summed E-state index contributed by atoms with van der Waals surface area (Å²) in [6.45, 7) is 5.63. The van der Waals surface area contributed by atoms with Gasteiger partial charge in [-0.2, -0.15) is 5.10 Å². The lowest BCUT2D eigenvalue weighted by molar-refractivity contribution is 0.0966. The predicted octanol–water partition coefficient (Wildman–Crippen LogP) is 2.62. The van der Waals surface area contributed by atoms with Crippen molar-refractivity contribution in [3.63, 3.8) is 0 Å². The minimum Gasteiger partial charge on any atom is -0.364 e. The van der Waals surface area contributed by atoms with Crippen LogP contribution in [0.4, 0.5) is 0 Å². The lowest BCUT2D eigenvalue weighted by atomic mass is 10.0. The van der Waals surface area contributed by atoms with E-state index in [9.17, 15) is 9.59 Å². The van der Waals surface area contributed by atoms with Gasteiger partial charge in [0, 0.05) is 10.6 Å². The number of carbonyl (C=O) groups is 2. The van der Waals surface area contributed by atoms with Crippen molar-refractivity contribution in [2.45, 2.75) is 26.3 Å². The normalized spacial score (nSPS) is 11.4. The summed E-state index contributed by atoms with van der Waals surface area (Å²) in [6, 6.07) is 6.52. The van der Waals surface area contributed by atoms with Crippen LogP contribution in [0.5, 0.6) is 0 Å². The van der Waals surface area contributed by atoms with Crippen LogP contribution in [0.15, 0.2) is 30.5 Å². The lowest BCUT2D eigenvalue weighted by Crippen LogP contribution is -2.30. The number of carbonyl (C=O) groups excluding carboxylic acids is 2. The van der Waals surface area contributed by atoms with Gasteiger partial charge in [-0.3, -0.25) is 14.3 Å². The summed E-state index contributed by atoms with van der Waals surface area (Å²) < 4.78 is 1.47. The van der Waals surface area contributed by atoms with Gasteiger partial charge in [0.15, 0.2) is 5.78 Å². The molecule has 0 aliphatic carbocycles. The Morgan fingerprint density at radius 3 is 2.48 bits per heavy atom. The van der Waals surface area contributed by atoms with Crippen LogP contribution in [-0.2, 0) is 5.54 Å². The number of halogens is 1. The largest absolute Gasteiger partial charge is 0.364 e.